The first-order valence-electron chi connectivity index (χ1n) is 6.64. The number of unbranched alkanes of at least 4 members (excludes halogenated alkanes) is 11. The Balaban J connectivity index is 2.84. The summed E-state index contributed by atoms with van der Waals surface area (Å²) >= 11 is 0. The third kappa shape index (κ3) is 13.6. The Labute approximate surface area is 96.8 Å². The molecule has 0 saturated carbocycles. The van der Waals surface area contributed by atoms with Gasteiger partial charge in [-0.2, -0.15) is 0 Å². The Morgan fingerprint density at radius 2 is 1.07 bits per heavy atom. The summed E-state index contributed by atoms with van der Waals surface area (Å²) in [5, 5.41) is 0. The molecule has 0 N–H and O–H groups in total. The highest BCUT2D eigenvalue weighted by molar-refractivity contribution is 4.82. The fourth-order valence-corrected chi connectivity index (χ4v) is 1.82. The summed E-state index contributed by atoms with van der Waals surface area (Å²) in [6, 6.07) is 0. The minimum Gasteiger partial charge on any atom is -0.120 e. The number of rotatable bonds is 11. The molecule has 0 aromatic heterocycles. The van der Waals surface area contributed by atoms with Gasteiger partial charge in [0.05, 0.1) is 0 Å². The first-order valence-corrected chi connectivity index (χ1v) is 6.64. The monoisotopic (exact) mass is 207 g/mol. The van der Waals surface area contributed by atoms with Crippen molar-refractivity contribution in [2.75, 3.05) is 0 Å². The van der Waals surface area contributed by atoms with Crippen molar-refractivity contribution in [2.24, 2.45) is 0 Å². The second kappa shape index (κ2) is 13.6. The molecule has 0 heterocycles. The molecular formula is C15H27. The van der Waals surface area contributed by atoms with Crippen LogP contribution in [0.5, 0.6) is 0 Å². The van der Waals surface area contributed by atoms with E-state index in [1.54, 1.807) is 0 Å². The van der Waals surface area contributed by atoms with E-state index in [2.05, 4.69) is 12.8 Å². The summed E-state index contributed by atoms with van der Waals surface area (Å²) in [6.07, 6.45) is 21.0. The van der Waals surface area contributed by atoms with Gasteiger partial charge in [-0.1, -0.05) is 71.1 Å². The Morgan fingerprint density at radius 1 is 0.667 bits per heavy atom. The maximum Gasteiger partial charge on any atom is 0.00860 e. The first-order chi connectivity index (χ1) is 7.41. The minimum absolute atomic E-state index is 0.963. The van der Waals surface area contributed by atoms with E-state index in [9.17, 15) is 0 Å². The average Bonchev–Trinajstić information content (AvgIpc) is 2.26. The topological polar surface area (TPSA) is 0 Å². The highest BCUT2D eigenvalue weighted by Crippen LogP contribution is 2.11. The van der Waals surface area contributed by atoms with Crippen LogP contribution >= 0.6 is 0 Å². The van der Waals surface area contributed by atoms with Gasteiger partial charge >= 0.3 is 0 Å². The van der Waals surface area contributed by atoms with E-state index in [1.165, 1.54) is 64.2 Å². The van der Waals surface area contributed by atoms with Gasteiger partial charge in [-0.25, -0.2) is 0 Å². The van der Waals surface area contributed by atoms with Crippen LogP contribution in [0.15, 0.2) is 0 Å². The van der Waals surface area contributed by atoms with Crippen LogP contribution in [0.1, 0.15) is 77.0 Å². The molecule has 0 aromatic carbocycles. The van der Waals surface area contributed by atoms with Gasteiger partial charge in [0.1, 0.15) is 0 Å². The molecule has 87 valence electrons. The standard InChI is InChI=1S/C15H27/c1-3-5-7-9-11-13-15-14-12-10-8-6-4-2/h1H,2,4-15H2. The second-order valence-corrected chi connectivity index (χ2v) is 4.34. The van der Waals surface area contributed by atoms with Crippen LogP contribution in [0.25, 0.3) is 0 Å². The van der Waals surface area contributed by atoms with Crippen molar-refractivity contribution >= 4 is 0 Å². The average molecular weight is 207 g/mol. The molecule has 0 heteroatoms. The summed E-state index contributed by atoms with van der Waals surface area (Å²) < 4.78 is 0. The molecule has 15 heavy (non-hydrogen) atoms. The summed E-state index contributed by atoms with van der Waals surface area (Å²) in [6.45, 7) is 3.85. The van der Waals surface area contributed by atoms with Crippen molar-refractivity contribution in [2.45, 2.75) is 77.0 Å². The number of hydrogen-bond acceptors (Lipinski definition) is 0. The van der Waals surface area contributed by atoms with Crippen molar-refractivity contribution in [1.82, 2.24) is 0 Å². The fourth-order valence-electron chi connectivity index (χ4n) is 1.82. The lowest BCUT2D eigenvalue weighted by molar-refractivity contribution is 0.554. The van der Waals surface area contributed by atoms with Crippen LogP contribution in [-0.4, -0.2) is 0 Å². The molecular weight excluding hydrogens is 180 g/mol. The Morgan fingerprint density at radius 3 is 1.47 bits per heavy atom. The predicted octanol–water partition coefficient (Wildman–Crippen LogP) is 5.13. The van der Waals surface area contributed by atoms with E-state index >= 15 is 0 Å². The van der Waals surface area contributed by atoms with Gasteiger partial charge in [0, 0.05) is 6.42 Å². The predicted molar refractivity (Wildman–Crippen MR) is 69.6 cm³/mol. The molecule has 1 radical (unpaired) electrons. The molecule has 0 atom stereocenters. The third-order valence-corrected chi connectivity index (χ3v) is 2.82. The lowest BCUT2D eigenvalue weighted by atomic mass is 10.1. The zero-order chi connectivity index (χ0) is 11.2. The Kier molecular flexibility index (Phi) is 13.2. The van der Waals surface area contributed by atoms with E-state index in [0.717, 1.165) is 12.8 Å². The highest BCUT2D eigenvalue weighted by Gasteiger charge is 1.92. The maximum atomic E-state index is 5.19. The van der Waals surface area contributed by atoms with Crippen LogP contribution < -0.4 is 0 Å². The van der Waals surface area contributed by atoms with Gasteiger partial charge in [-0.3, -0.25) is 0 Å². The molecule has 0 spiro atoms. The van der Waals surface area contributed by atoms with Crippen LogP contribution in [0.4, 0.5) is 0 Å². The number of hydrogen-bond donors (Lipinski definition) is 0. The smallest absolute Gasteiger partial charge is 0.00860 e. The SMILES string of the molecule is C#CCCCCCCCCCCCC[CH2]. The van der Waals surface area contributed by atoms with Gasteiger partial charge in [-0.15, -0.1) is 12.3 Å². The minimum atomic E-state index is 0.963. The van der Waals surface area contributed by atoms with E-state index in [0.29, 0.717) is 0 Å². The fraction of sp³-hybridized carbons (Fsp3) is 0.800. The van der Waals surface area contributed by atoms with Gasteiger partial charge in [0.2, 0.25) is 0 Å². The molecule has 0 rings (SSSR count). The molecule has 0 bridgehead atoms. The molecule has 0 unspecified atom stereocenters. The maximum absolute atomic E-state index is 5.19. The molecule has 0 saturated heterocycles. The molecule has 0 fully saturated rings. The van der Waals surface area contributed by atoms with E-state index in [4.69, 9.17) is 6.42 Å². The van der Waals surface area contributed by atoms with Crippen molar-refractivity contribution in [3.8, 4) is 12.3 Å². The molecule has 0 aromatic rings. The zero-order valence-corrected chi connectivity index (χ0v) is 10.3. The molecule has 0 nitrogen and oxygen atoms in total. The Hall–Kier alpha value is -0.440. The van der Waals surface area contributed by atoms with Crippen molar-refractivity contribution in [3.05, 3.63) is 6.92 Å². The van der Waals surface area contributed by atoms with Gasteiger partial charge in [-0.05, 0) is 6.42 Å². The molecule has 0 aliphatic rings. The van der Waals surface area contributed by atoms with E-state index in [-0.39, 0.29) is 0 Å². The summed E-state index contributed by atoms with van der Waals surface area (Å²) in [5.74, 6) is 2.69. The molecule has 0 aliphatic carbocycles. The van der Waals surface area contributed by atoms with Gasteiger partial charge in [0.25, 0.3) is 0 Å². The first kappa shape index (κ1) is 14.6. The second-order valence-electron chi connectivity index (χ2n) is 4.34. The van der Waals surface area contributed by atoms with Crippen LogP contribution in [0.3, 0.4) is 0 Å². The van der Waals surface area contributed by atoms with E-state index < -0.39 is 0 Å². The van der Waals surface area contributed by atoms with Crippen LogP contribution in [0.2, 0.25) is 0 Å². The number of terminal acetylenes is 1. The zero-order valence-electron chi connectivity index (χ0n) is 10.3. The van der Waals surface area contributed by atoms with Crippen molar-refractivity contribution < 1.29 is 0 Å². The van der Waals surface area contributed by atoms with Crippen molar-refractivity contribution in [1.29, 1.82) is 0 Å². The Bertz CT molecular complexity index is 141. The normalized spacial score (nSPS) is 10.1. The summed E-state index contributed by atoms with van der Waals surface area (Å²) in [5.41, 5.74) is 0. The lowest BCUT2D eigenvalue weighted by Gasteiger charge is -2.01. The van der Waals surface area contributed by atoms with E-state index in [1.807, 2.05) is 0 Å². The van der Waals surface area contributed by atoms with Gasteiger partial charge < -0.3 is 0 Å². The highest BCUT2D eigenvalue weighted by atomic mass is 14.0. The van der Waals surface area contributed by atoms with Crippen molar-refractivity contribution in [3.63, 3.8) is 0 Å². The lowest BCUT2D eigenvalue weighted by Crippen LogP contribution is -1.81. The van der Waals surface area contributed by atoms with Crippen LogP contribution in [0, 0.1) is 19.3 Å². The summed E-state index contributed by atoms with van der Waals surface area (Å²) in [4.78, 5) is 0. The molecule has 0 amide bonds. The largest absolute Gasteiger partial charge is 0.120 e. The third-order valence-electron chi connectivity index (χ3n) is 2.82. The summed E-state index contributed by atoms with van der Waals surface area (Å²) in [7, 11) is 0. The quantitative estimate of drug-likeness (QED) is 0.325. The van der Waals surface area contributed by atoms with Crippen LogP contribution in [-0.2, 0) is 0 Å². The van der Waals surface area contributed by atoms with Gasteiger partial charge in [0.15, 0.2) is 0 Å². The molecule has 0 aliphatic heterocycles.